The van der Waals surface area contributed by atoms with E-state index in [0.717, 1.165) is 45.9 Å². The molecule has 188 valence electrons. The Labute approximate surface area is 223 Å². The molecular weight excluding hydrogens is 522 g/mol. The Morgan fingerprint density at radius 3 is 2.00 bits per heavy atom. The Bertz CT molecular complexity index is 1200. The van der Waals surface area contributed by atoms with Crippen molar-refractivity contribution in [2.75, 3.05) is 45.7 Å². The SMILES string of the molecule is CCN(CC[N+](C)(C)C)c1ccc(/N=N/c2ccc(/C=N/N=c3\sc(C)c(C)n3C)cc2)cc1.[Br-]. The second-order valence-corrected chi connectivity index (χ2v) is 10.5. The minimum atomic E-state index is 0. The second-order valence-electron chi connectivity index (χ2n) is 9.33. The molecule has 0 bridgehead atoms. The molecule has 0 aliphatic carbocycles. The highest BCUT2D eigenvalue weighted by molar-refractivity contribution is 7.09. The topological polar surface area (TPSA) is 57.6 Å². The molecule has 0 aliphatic rings. The lowest BCUT2D eigenvalue weighted by atomic mass is 10.2. The smallest absolute Gasteiger partial charge is 0.210 e. The van der Waals surface area contributed by atoms with Crippen LogP contribution in [0.15, 0.2) is 69.0 Å². The van der Waals surface area contributed by atoms with E-state index in [4.69, 9.17) is 0 Å². The van der Waals surface area contributed by atoms with Crippen LogP contribution in [0, 0.1) is 13.8 Å². The van der Waals surface area contributed by atoms with E-state index in [1.807, 2.05) is 43.4 Å². The number of hydrogen-bond donors (Lipinski definition) is 0. The zero-order valence-electron chi connectivity index (χ0n) is 21.7. The van der Waals surface area contributed by atoms with Gasteiger partial charge in [0.25, 0.3) is 0 Å². The van der Waals surface area contributed by atoms with Crippen LogP contribution in [0.1, 0.15) is 23.1 Å². The van der Waals surface area contributed by atoms with Gasteiger partial charge in [0, 0.05) is 29.9 Å². The molecule has 9 heteroatoms. The van der Waals surface area contributed by atoms with Crippen molar-refractivity contribution in [2.24, 2.45) is 27.5 Å². The average molecular weight is 559 g/mol. The Morgan fingerprint density at radius 1 is 0.943 bits per heavy atom. The van der Waals surface area contributed by atoms with Gasteiger partial charge in [-0.05, 0) is 62.7 Å². The summed E-state index contributed by atoms with van der Waals surface area (Å²) in [6.45, 7) is 9.47. The molecule has 0 aliphatic heterocycles. The summed E-state index contributed by atoms with van der Waals surface area (Å²) >= 11 is 1.64. The van der Waals surface area contributed by atoms with Crippen LogP contribution in [0.4, 0.5) is 17.1 Å². The van der Waals surface area contributed by atoms with Crippen molar-refractivity contribution in [3.8, 4) is 0 Å². The number of benzene rings is 2. The molecule has 0 N–H and O–H groups in total. The summed E-state index contributed by atoms with van der Waals surface area (Å²) in [5.41, 5.74) is 5.03. The van der Waals surface area contributed by atoms with E-state index in [0.29, 0.717) is 0 Å². The van der Waals surface area contributed by atoms with Gasteiger partial charge in [-0.2, -0.15) is 15.3 Å². The summed E-state index contributed by atoms with van der Waals surface area (Å²) in [6, 6.07) is 16.1. The number of halogens is 1. The minimum Gasteiger partial charge on any atom is -1.00 e. The Kier molecular flexibility index (Phi) is 10.5. The van der Waals surface area contributed by atoms with Crippen LogP contribution < -0.4 is 26.7 Å². The lowest BCUT2D eigenvalue weighted by Gasteiger charge is -2.29. The molecule has 0 spiro atoms. The van der Waals surface area contributed by atoms with Gasteiger partial charge in [-0.3, -0.25) is 0 Å². The first-order chi connectivity index (χ1) is 16.2. The van der Waals surface area contributed by atoms with Gasteiger partial charge in [0.05, 0.1) is 51.8 Å². The number of likely N-dealkylation sites (N-methyl/N-ethyl adjacent to an activating group) is 2. The van der Waals surface area contributed by atoms with Crippen LogP contribution in [0.2, 0.25) is 0 Å². The highest BCUT2D eigenvalue weighted by atomic mass is 79.9. The first kappa shape index (κ1) is 28.6. The summed E-state index contributed by atoms with van der Waals surface area (Å²) in [5, 5.41) is 17.3. The normalized spacial score (nSPS) is 12.5. The maximum Gasteiger partial charge on any atom is 0.210 e. The van der Waals surface area contributed by atoms with Crippen molar-refractivity contribution in [3.05, 3.63) is 69.5 Å². The molecule has 3 rings (SSSR count). The number of aryl methyl sites for hydroxylation is 1. The van der Waals surface area contributed by atoms with Crippen molar-refractivity contribution in [1.29, 1.82) is 0 Å². The fraction of sp³-hybridized carbons (Fsp3) is 0.385. The number of anilines is 1. The fourth-order valence-corrected chi connectivity index (χ4v) is 4.17. The summed E-state index contributed by atoms with van der Waals surface area (Å²) in [6.07, 6.45) is 1.75. The maximum absolute atomic E-state index is 4.39. The first-order valence-electron chi connectivity index (χ1n) is 11.5. The molecule has 0 amide bonds. The van der Waals surface area contributed by atoms with E-state index in [1.165, 1.54) is 16.3 Å². The zero-order valence-corrected chi connectivity index (χ0v) is 24.1. The van der Waals surface area contributed by atoms with E-state index in [9.17, 15) is 0 Å². The van der Waals surface area contributed by atoms with Gasteiger partial charge in [-0.15, -0.1) is 16.4 Å². The van der Waals surface area contributed by atoms with Gasteiger partial charge in [-0.25, -0.2) is 0 Å². The molecule has 0 unspecified atom stereocenters. The van der Waals surface area contributed by atoms with Crippen molar-refractivity contribution in [2.45, 2.75) is 20.8 Å². The van der Waals surface area contributed by atoms with Gasteiger partial charge in [0.2, 0.25) is 4.80 Å². The number of azo groups is 1. The van der Waals surface area contributed by atoms with Gasteiger partial charge < -0.3 is 30.9 Å². The molecule has 1 heterocycles. The summed E-state index contributed by atoms with van der Waals surface area (Å²) < 4.78 is 3.01. The largest absolute Gasteiger partial charge is 1.00 e. The lowest BCUT2D eigenvalue weighted by Crippen LogP contribution is -3.00. The summed E-state index contributed by atoms with van der Waals surface area (Å²) in [5.74, 6) is 0. The number of hydrogen-bond acceptors (Lipinski definition) is 6. The number of quaternary nitrogens is 1. The van der Waals surface area contributed by atoms with Crippen LogP contribution >= 0.6 is 11.3 Å². The number of nitrogens with zero attached hydrogens (tertiary/aromatic N) is 7. The number of aromatic nitrogens is 1. The molecular formula is C26H36BrN7S. The molecule has 0 saturated carbocycles. The predicted molar refractivity (Wildman–Crippen MR) is 144 cm³/mol. The van der Waals surface area contributed by atoms with Gasteiger partial charge in [0.15, 0.2) is 0 Å². The van der Waals surface area contributed by atoms with Crippen LogP contribution in [0.3, 0.4) is 0 Å². The Morgan fingerprint density at radius 2 is 1.51 bits per heavy atom. The highest BCUT2D eigenvalue weighted by Gasteiger charge is 2.11. The van der Waals surface area contributed by atoms with Gasteiger partial charge in [0.1, 0.15) is 0 Å². The third kappa shape index (κ3) is 8.52. The zero-order chi connectivity index (χ0) is 24.7. The van der Waals surface area contributed by atoms with E-state index >= 15 is 0 Å². The van der Waals surface area contributed by atoms with Crippen molar-refractivity contribution in [3.63, 3.8) is 0 Å². The van der Waals surface area contributed by atoms with Crippen LogP contribution in [0.5, 0.6) is 0 Å². The average Bonchev–Trinajstić information content (AvgIpc) is 3.05. The monoisotopic (exact) mass is 557 g/mol. The van der Waals surface area contributed by atoms with Crippen LogP contribution in [-0.2, 0) is 7.05 Å². The molecule has 3 aromatic rings. The summed E-state index contributed by atoms with van der Waals surface area (Å²) in [7, 11) is 8.67. The Balaban J connectivity index is 0.00000432. The number of thiazole rings is 1. The highest BCUT2D eigenvalue weighted by Crippen LogP contribution is 2.22. The molecule has 0 radical (unpaired) electrons. The molecule has 1 aromatic heterocycles. The van der Waals surface area contributed by atoms with Gasteiger partial charge in [-0.1, -0.05) is 12.1 Å². The van der Waals surface area contributed by atoms with Crippen molar-refractivity contribution >= 4 is 34.6 Å². The lowest BCUT2D eigenvalue weighted by molar-refractivity contribution is -0.868. The molecule has 0 atom stereocenters. The third-order valence-electron chi connectivity index (χ3n) is 5.71. The molecule has 35 heavy (non-hydrogen) atoms. The van der Waals surface area contributed by atoms with E-state index in [1.54, 1.807) is 17.6 Å². The summed E-state index contributed by atoms with van der Waals surface area (Å²) in [4.78, 5) is 4.53. The van der Waals surface area contributed by atoms with Crippen LogP contribution in [-0.4, -0.2) is 56.0 Å². The first-order valence-corrected chi connectivity index (χ1v) is 12.4. The van der Waals surface area contributed by atoms with E-state index in [-0.39, 0.29) is 17.0 Å². The third-order valence-corrected chi connectivity index (χ3v) is 6.85. The Hall–Kier alpha value is -2.62. The quantitative estimate of drug-likeness (QED) is 0.173. The van der Waals surface area contributed by atoms with E-state index < -0.39 is 0 Å². The predicted octanol–water partition coefficient (Wildman–Crippen LogP) is 2.59. The second kappa shape index (κ2) is 12.9. The van der Waals surface area contributed by atoms with Crippen molar-refractivity contribution in [1.82, 2.24) is 4.57 Å². The maximum atomic E-state index is 4.39. The van der Waals surface area contributed by atoms with Gasteiger partial charge >= 0.3 is 0 Å². The number of rotatable bonds is 9. The minimum absolute atomic E-state index is 0. The molecule has 7 nitrogen and oxygen atoms in total. The van der Waals surface area contributed by atoms with Crippen LogP contribution in [0.25, 0.3) is 0 Å². The van der Waals surface area contributed by atoms with E-state index in [2.05, 4.69) is 83.9 Å². The van der Waals surface area contributed by atoms with Crippen molar-refractivity contribution < 1.29 is 21.5 Å². The fourth-order valence-electron chi connectivity index (χ4n) is 3.25. The standard InChI is InChI=1S/C26H36N7S.BrH/c1-8-32(17-18-33(5,6)7)25-15-13-24(14-16-25)29-28-23-11-9-22(10-12-23)19-27-30-26-31(4)20(2)21(3)34-26;/h9-16,19H,8,17-18H2,1-7H3;1H/q+1;/p-1/b27-19+,29-28+,30-26-;. The molecule has 2 aromatic carbocycles. The molecule has 0 fully saturated rings. The molecule has 0 saturated heterocycles.